The summed E-state index contributed by atoms with van der Waals surface area (Å²) < 4.78 is 24.6. The monoisotopic (exact) mass is 618 g/mol. The fourth-order valence-corrected chi connectivity index (χ4v) is 9.69. The van der Waals surface area contributed by atoms with Gasteiger partial charge < -0.3 is 24.1 Å². The first-order chi connectivity index (χ1) is 22.4. The van der Waals surface area contributed by atoms with Crippen LogP contribution < -0.4 is 14.4 Å². The van der Waals surface area contributed by atoms with Crippen molar-refractivity contribution in [2.45, 2.75) is 54.9 Å². The predicted octanol–water partition coefficient (Wildman–Crippen LogP) is 4.49. The van der Waals surface area contributed by atoms with Crippen molar-refractivity contribution in [3.05, 3.63) is 102 Å². The number of anilines is 1. The minimum atomic E-state index is -1.89. The SMILES string of the molecule is COC(=O)[C@]12C[C@@H]3CCCN3[C@]13c1cccc4cccc(c14)[C@]3(O)O[C@H]2[C@@H]1[C@@H](Oc2ccccc2)C(=O)N1c1ccc(OC)cc1. The molecule has 5 aliphatic rings. The van der Waals surface area contributed by atoms with E-state index in [1.807, 2.05) is 66.7 Å². The standard InChI is InChI=1S/C37H34N2O7/c1-43-25-18-16-23(17-19-25)39-30(31(33(39)40)45-26-12-4-3-5-13-26)32-35(34(41)44-2)21-24-11-8-20-38(24)36(35)27-14-6-9-22-10-7-15-28(29(22)27)37(36,42)46-32/h3-7,9-10,12-19,24,30-32,42H,8,11,20-21H2,1-2H3/t24-,30-,31+,32-,35+,36+,37-/m0/s1. The third kappa shape index (κ3) is 3.11. The van der Waals surface area contributed by atoms with Gasteiger partial charge >= 0.3 is 5.97 Å². The zero-order valence-electron chi connectivity index (χ0n) is 25.6. The van der Waals surface area contributed by atoms with E-state index in [1.165, 1.54) is 7.11 Å². The molecule has 0 radical (unpaired) electrons. The highest BCUT2D eigenvalue weighted by Gasteiger charge is 2.88. The maximum Gasteiger partial charge on any atom is 0.317 e. The van der Waals surface area contributed by atoms with Gasteiger partial charge in [0.1, 0.15) is 34.6 Å². The van der Waals surface area contributed by atoms with Crippen LogP contribution in [0, 0.1) is 5.41 Å². The van der Waals surface area contributed by atoms with Gasteiger partial charge in [0, 0.05) is 17.3 Å². The fraction of sp³-hybridized carbons (Fsp3) is 0.351. The van der Waals surface area contributed by atoms with Crippen molar-refractivity contribution in [2.24, 2.45) is 5.41 Å². The number of hydrogen-bond donors (Lipinski definition) is 1. The van der Waals surface area contributed by atoms with Gasteiger partial charge in [-0.15, -0.1) is 0 Å². The van der Waals surface area contributed by atoms with Crippen LogP contribution in [0.4, 0.5) is 5.69 Å². The van der Waals surface area contributed by atoms with Crippen LogP contribution in [0.5, 0.6) is 11.5 Å². The zero-order valence-corrected chi connectivity index (χ0v) is 25.6. The number of hydrogen-bond acceptors (Lipinski definition) is 8. The number of nitrogens with zero attached hydrogens (tertiary/aromatic N) is 2. The molecule has 234 valence electrons. The van der Waals surface area contributed by atoms with Crippen molar-refractivity contribution in [1.29, 1.82) is 0 Å². The molecule has 1 spiro atoms. The fourth-order valence-electron chi connectivity index (χ4n) is 9.69. The van der Waals surface area contributed by atoms with Crippen LogP contribution in [-0.2, 0) is 30.4 Å². The summed E-state index contributed by atoms with van der Waals surface area (Å²) in [5, 5.41) is 15.1. The molecule has 1 amide bonds. The van der Waals surface area contributed by atoms with Gasteiger partial charge in [0.25, 0.3) is 5.91 Å². The van der Waals surface area contributed by atoms with Gasteiger partial charge in [0.2, 0.25) is 11.9 Å². The molecule has 1 N–H and O–H groups in total. The maximum atomic E-state index is 14.7. The summed E-state index contributed by atoms with van der Waals surface area (Å²) in [6.07, 6.45) is 0.280. The van der Waals surface area contributed by atoms with Crippen molar-refractivity contribution in [1.82, 2.24) is 4.90 Å². The molecule has 4 fully saturated rings. The molecule has 0 bridgehead atoms. The molecule has 0 aromatic heterocycles. The first-order valence-corrected chi connectivity index (χ1v) is 15.9. The lowest BCUT2D eigenvalue weighted by atomic mass is 9.60. The number of aliphatic hydroxyl groups is 1. The number of amides is 1. The highest BCUT2D eigenvalue weighted by atomic mass is 16.7. The van der Waals surface area contributed by atoms with Crippen molar-refractivity contribution >= 4 is 28.3 Å². The molecule has 9 nitrogen and oxygen atoms in total. The van der Waals surface area contributed by atoms with E-state index >= 15 is 0 Å². The lowest BCUT2D eigenvalue weighted by Crippen LogP contribution is -2.75. The molecule has 7 atom stereocenters. The Morgan fingerprint density at radius 2 is 1.65 bits per heavy atom. The predicted molar refractivity (Wildman–Crippen MR) is 168 cm³/mol. The van der Waals surface area contributed by atoms with E-state index in [-0.39, 0.29) is 11.9 Å². The number of β-lactam (4-membered cyclic amide) rings is 1. The normalized spacial score (nSPS) is 33.8. The molecule has 4 heterocycles. The van der Waals surface area contributed by atoms with Crippen LogP contribution in [0.2, 0.25) is 0 Å². The zero-order chi connectivity index (χ0) is 31.4. The van der Waals surface area contributed by atoms with E-state index in [1.54, 1.807) is 36.3 Å². The minimum Gasteiger partial charge on any atom is -0.497 e. The number of methoxy groups -OCH3 is 2. The Hall–Kier alpha value is -4.44. The van der Waals surface area contributed by atoms with Crippen LogP contribution in [0.1, 0.15) is 30.4 Å². The average Bonchev–Trinajstić information content (AvgIpc) is 3.78. The minimum absolute atomic E-state index is 0.0142. The van der Waals surface area contributed by atoms with E-state index in [4.69, 9.17) is 18.9 Å². The Bertz CT molecular complexity index is 1890. The number of carbonyl (C=O) groups is 2. The number of rotatable bonds is 6. The third-order valence-electron chi connectivity index (χ3n) is 11.3. The summed E-state index contributed by atoms with van der Waals surface area (Å²) in [6.45, 7) is 0.696. The molecule has 9 rings (SSSR count). The summed E-state index contributed by atoms with van der Waals surface area (Å²) in [6, 6.07) is 27.5. The molecule has 4 saturated heterocycles. The van der Waals surface area contributed by atoms with Crippen LogP contribution >= 0.6 is 0 Å². The molecular formula is C37H34N2O7. The van der Waals surface area contributed by atoms with Crippen LogP contribution in [-0.4, -0.2) is 66.9 Å². The van der Waals surface area contributed by atoms with Gasteiger partial charge in [-0.2, -0.15) is 0 Å². The molecule has 4 aromatic rings. The van der Waals surface area contributed by atoms with Crippen LogP contribution in [0.25, 0.3) is 10.8 Å². The van der Waals surface area contributed by atoms with Gasteiger partial charge in [-0.1, -0.05) is 54.6 Å². The van der Waals surface area contributed by atoms with Crippen molar-refractivity contribution < 1.29 is 33.6 Å². The summed E-state index contributed by atoms with van der Waals surface area (Å²) in [4.78, 5) is 32.8. The topological polar surface area (TPSA) is 97.8 Å². The number of esters is 1. The highest BCUT2D eigenvalue weighted by Crippen LogP contribution is 2.76. The number of fused-ring (bicyclic) bond motifs is 2. The van der Waals surface area contributed by atoms with Crippen molar-refractivity contribution in [3.8, 4) is 11.5 Å². The average molecular weight is 619 g/mol. The molecule has 46 heavy (non-hydrogen) atoms. The third-order valence-corrected chi connectivity index (χ3v) is 11.3. The van der Waals surface area contributed by atoms with E-state index < -0.39 is 41.0 Å². The maximum absolute atomic E-state index is 14.7. The largest absolute Gasteiger partial charge is 0.497 e. The first kappa shape index (κ1) is 27.8. The number of ether oxygens (including phenoxy) is 4. The van der Waals surface area contributed by atoms with Gasteiger partial charge in [0.15, 0.2) is 0 Å². The Labute approximate surface area is 266 Å². The van der Waals surface area contributed by atoms with E-state index in [9.17, 15) is 14.7 Å². The second kappa shape index (κ2) is 9.54. The van der Waals surface area contributed by atoms with Crippen LogP contribution in [0.3, 0.4) is 0 Å². The Morgan fingerprint density at radius 1 is 0.913 bits per heavy atom. The summed E-state index contributed by atoms with van der Waals surface area (Å²) in [5.74, 6) is -1.43. The van der Waals surface area contributed by atoms with Crippen molar-refractivity contribution in [3.63, 3.8) is 0 Å². The number of para-hydroxylation sites is 1. The van der Waals surface area contributed by atoms with Gasteiger partial charge in [-0.25, -0.2) is 0 Å². The van der Waals surface area contributed by atoms with Crippen LogP contribution in [0.15, 0.2) is 91.0 Å². The van der Waals surface area contributed by atoms with E-state index in [2.05, 4.69) is 4.90 Å². The molecule has 9 heteroatoms. The molecule has 4 aliphatic heterocycles. The Balaban J connectivity index is 1.28. The van der Waals surface area contributed by atoms with E-state index in [0.29, 0.717) is 35.7 Å². The van der Waals surface area contributed by atoms with Crippen molar-refractivity contribution in [2.75, 3.05) is 25.7 Å². The van der Waals surface area contributed by atoms with Gasteiger partial charge in [0.05, 0.1) is 14.2 Å². The molecule has 1 aliphatic carbocycles. The Morgan fingerprint density at radius 3 is 2.37 bits per heavy atom. The molecule has 0 unspecified atom stereocenters. The smallest absolute Gasteiger partial charge is 0.317 e. The quantitative estimate of drug-likeness (QED) is 0.250. The Kier molecular flexibility index (Phi) is 5.77. The molecule has 0 saturated carbocycles. The number of carbonyl (C=O) groups excluding carboxylic acids is 2. The molecule has 4 aromatic carbocycles. The first-order valence-electron chi connectivity index (χ1n) is 15.9. The highest BCUT2D eigenvalue weighted by molar-refractivity contribution is 6.06. The van der Waals surface area contributed by atoms with E-state index in [0.717, 1.165) is 29.2 Å². The molecular weight excluding hydrogens is 584 g/mol. The second-order valence-electron chi connectivity index (χ2n) is 13.0. The lowest BCUT2D eigenvalue weighted by molar-refractivity contribution is -0.258. The number of benzene rings is 4. The summed E-state index contributed by atoms with van der Waals surface area (Å²) in [5.41, 5.74) is -0.535. The van der Waals surface area contributed by atoms with Gasteiger partial charge in [-0.3, -0.25) is 19.4 Å². The van der Waals surface area contributed by atoms with Gasteiger partial charge in [-0.05, 0) is 78.5 Å². The lowest BCUT2D eigenvalue weighted by Gasteiger charge is -2.52. The summed E-state index contributed by atoms with van der Waals surface area (Å²) >= 11 is 0. The summed E-state index contributed by atoms with van der Waals surface area (Å²) in [7, 11) is 2.99. The second-order valence-corrected chi connectivity index (χ2v) is 13.0.